The quantitative estimate of drug-likeness (QED) is 0.710. The van der Waals surface area contributed by atoms with E-state index in [-0.39, 0.29) is 6.10 Å². The molecule has 1 atom stereocenters. The molecule has 3 heterocycles. The van der Waals surface area contributed by atoms with Crippen LogP contribution in [0.2, 0.25) is 0 Å². The number of benzene rings is 1. The van der Waals surface area contributed by atoms with E-state index in [2.05, 4.69) is 52.1 Å². The Bertz CT molecular complexity index is 834. The van der Waals surface area contributed by atoms with Crippen molar-refractivity contribution in [2.75, 3.05) is 19.7 Å². The Kier molecular flexibility index (Phi) is 4.88. The van der Waals surface area contributed by atoms with E-state index in [1.807, 2.05) is 18.5 Å². The average molecular weight is 351 g/mol. The Morgan fingerprint density at radius 3 is 2.96 bits per heavy atom. The van der Waals surface area contributed by atoms with Crippen LogP contribution in [0.5, 0.6) is 0 Å². The van der Waals surface area contributed by atoms with Crippen LogP contribution in [0.4, 0.5) is 0 Å². The summed E-state index contributed by atoms with van der Waals surface area (Å²) in [6.45, 7) is 5.65. The smallest absolute Gasteiger partial charge is 0.123 e. The molecular weight excluding hydrogens is 330 g/mol. The molecule has 1 aromatic carbocycles. The molecule has 128 valence electrons. The number of aromatic nitrogens is 2. The molecule has 0 amide bonds. The Morgan fingerprint density at radius 2 is 2.12 bits per heavy atom. The molecule has 1 fully saturated rings. The van der Waals surface area contributed by atoms with Crippen LogP contribution >= 0.6 is 11.3 Å². The van der Waals surface area contributed by atoms with Gasteiger partial charge in [0.1, 0.15) is 5.01 Å². The number of nitrogens with zero attached hydrogens (tertiary/aromatic N) is 3. The lowest BCUT2D eigenvalue weighted by Gasteiger charge is -2.32. The van der Waals surface area contributed by atoms with Crippen LogP contribution in [0.1, 0.15) is 22.1 Å². The molecule has 0 bridgehead atoms. The van der Waals surface area contributed by atoms with E-state index < -0.39 is 0 Å². The molecule has 3 aromatic rings. The van der Waals surface area contributed by atoms with Gasteiger partial charge in [0.05, 0.1) is 12.7 Å². The fraction of sp³-hybridized carbons (Fsp3) is 0.300. The van der Waals surface area contributed by atoms with Crippen molar-refractivity contribution >= 4 is 11.3 Å². The second-order valence-electron chi connectivity index (χ2n) is 6.33. The van der Waals surface area contributed by atoms with Crippen LogP contribution < -0.4 is 0 Å². The van der Waals surface area contributed by atoms with Gasteiger partial charge in [-0.15, -0.1) is 11.3 Å². The molecule has 0 spiro atoms. The van der Waals surface area contributed by atoms with Crippen LogP contribution in [0, 0.1) is 6.92 Å². The van der Waals surface area contributed by atoms with Crippen LogP contribution in [-0.2, 0) is 11.3 Å². The summed E-state index contributed by atoms with van der Waals surface area (Å²) in [5.41, 5.74) is 3.65. The van der Waals surface area contributed by atoms with E-state index >= 15 is 0 Å². The van der Waals surface area contributed by atoms with E-state index in [9.17, 15) is 0 Å². The van der Waals surface area contributed by atoms with Crippen molar-refractivity contribution in [2.45, 2.75) is 19.6 Å². The maximum absolute atomic E-state index is 5.93. The zero-order valence-corrected chi connectivity index (χ0v) is 15.1. The molecule has 4 rings (SSSR count). The number of pyridine rings is 1. The second-order valence-corrected chi connectivity index (χ2v) is 7.44. The minimum Gasteiger partial charge on any atom is -0.371 e. The van der Waals surface area contributed by atoms with E-state index in [1.54, 1.807) is 17.5 Å². The molecule has 2 aromatic heterocycles. The molecule has 1 unspecified atom stereocenters. The first-order chi connectivity index (χ1) is 12.3. The van der Waals surface area contributed by atoms with Gasteiger partial charge in [0, 0.05) is 54.2 Å². The standard InChI is InChI=1S/C20H21N3OS/c1-15-5-2-3-7-18(15)20-22-12-17(25-20)13-23-9-10-24-19(14-23)16-6-4-8-21-11-16/h2-8,11-12,19H,9-10,13-14H2,1H3. The summed E-state index contributed by atoms with van der Waals surface area (Å²) in [6, 6.07) is 12.5. The van der Waals surface area contributed by atoms with Gasteiger partial charge in [0.15, 0.2) is 0 Å². The molecule has 5 heteroatoms. The number of aryl methyl sites for hydroxylation is 1. The largest absolute Gasteiger partial charge is 0.371 e. The van der Waals surface area contributed by atoms with Gasteiger partial charge in [-0.2, -0.15) is 0 Å². The predicted octanol–water partition coefficient (Wildman–Crippen LogP) is 4.09. The molecule has 1 aliphatic heterocycles. The van der Waals surface area contributed by atoms with Crippen molar-refractivity contribution in [1.29, 1.82) is 0 Å². The summed E-state index contributed by atoms with van der Waals surface area (Å²) in [5.74, 6) is 0. The number of hydrogen-bond acceptors (Lipinski definition) is 5. The Balaban J connectivity index is 1.45. The normalized spacial score (nSPS) is 18.4. The average Bonchev–Trinajstić information content (AvgIpc) is 3.11. The lowest BCUT2D eigenvalue weighted by Crippen LogP contribution is -2.37. The Morgan fingerprint density at radius 1 is 1.20 bits per heavy atom. The summed E-state index contributed by atoms with van der Waals surface area (Å²) >= 11 is 1.78. The van der Waals surface area contributed by atoms with Gasteiger partial charge in [-0.1, -0.05) is 30.3 Å². The monoisotopic (exact) mass is 351 g/mol. The Labute approximate surface area is 152 Å². The predicted molar refractivity (Wildman–Crippen MR) is 100 cm³/mol. The van der Waals surface area contributed by atoms with Crippen molar-refractivity contribution in [2.24, 2.45) is 0 Å². The highest BCUT2D eigenvalue weighted by atomic mass is 32.1. The van der Waals surface area contributed by atoms with Crippen molar-refractivity contribution in [3.05, 3.63) is 71.0 Å². The molecule has 0 saturated carbocycles. The maximum Gasteiger partial charge on any atom is 0.123 e. The van der Waals surface area contributed by atoms with E-state index in [0.29, 0.717) is 0 Å². The highest BCUT2D eigenvalue weighted by molar-refractivity contribution is 7.15. The molecule has 25 heavy (non-hydrogen) atoms. The fourth-order valence-electron chi connectivity index (χ4n) is 3.15. The molecule has 1 aliphatic rings. The number of hydrogen-bond donors (Lipinski definition) is 0. The third-order valence-corrected chi connectivity index (χ3v) is 5.53. The van der Waals surface area contributed by atoms with Gasteiger partial charge in [0.25, 0.3) is 0 Å². The van der Waals surface area contributed by atoms with Crippen molar-refractivity contribution in [3.63, 3.8) is 0 Å². The van der Waals surface area contributed by atoms with Crippen LogP contribution in [0.25, 0.3) is 10.6 Å². The lowest BCUT2D eigenvalue weighted by atomic mass is 10.1. The van der Waals surface area contributed by atoms with Gasteiger partial charge in [-0.3, -0.25) is 9.88 Å². The number of rotatable bonds is 4. The van der Waals surface area contributed by atoms with Crippen molar-refractivity contribution < 1.29 is 4.74 Å². The molecule has 0 N–H and O–H groups in total. The summed E-state index contributed by atoms with van der Waals surface area (Å²) < 4.78 is 5.93. The zero-order valence-electron chi connectivity index (χ0n) is 14.3. The van der Waals surface area contributed by atoms with Gasteiger partial charge >= 0.3 is 0 Å². The fourth-order valence-corrected chi connectivity index (χ4v) is 4.20. The first-order valence-corrected chi connectivity index (χ1v) is 9.36. The van der Waals surface area contributed by atoms with Gasteiger partial charge in [-0.25, -0.2) is 4.98 Å². The number of morpholine rings is 1. The number of thiazole rings is 1. The summed E-state index contributed by atoms with van der Waals surface area (Å²) in [6.07, 6.45) is 5.82. The highest BCUT2D eigenvalue weighted by Gasteiger charge is 2.22. The van der Waals surface area contributed by atoms with Gasteiger partial charge in [0.2, 0.25) is 0 Å². The summed E-state index contributed by atoms with van der Waals surface area (Å²) in [5, 5.41) is 1.10. The second kappa shape index (κ2) is 7.44. The molecule has 0 radical (unpaired) electrons. The van der Waals surface area contributed by atoms with Crippen molar-refractivity contribution in [1.82, 2.24) is 14.9 Å². The minimum atomic E-state index is 0.103. The maximum atomic E-state index is 5.93. The first-order valence-electron chi connectivity index (χ1n) is 8.54. The molecular formula is C20H21N3OS. The lowest BCUT2D eigenvalue weighted by molar-refractivity contribution is -0.0327. The summed E-state index contributed by atoms with van der Waals surface area (Å²) in [7, 11) is 0. The number of ether oxygens (including phenoxy) is 1. The molecule has 4 nitrogen and oxygen atoms in total. The van der Waals surface area contributed by atoms with Gasteiger partial charge in [-0.05, 0) is 18.6 Å². The first kappa shape index (κ1) is 16.4. The summed E-state index contributed by atoms with van der Waals surface area (Å²) in [4.78, 5) is 12.6. The van der Waals surface area contributed by atoms with E-state index in [0.717, 1.165) is 36.8 Å². The SMILES string of the molecule is Cc1ccccc1-c1ncc(CN2CCOC(c3cccnc3)C2)s1. The van der Waals surface area contributed by atoms with Crippen molar-refractivity contribution in [3.8, 4) is 10.6 Å². The third-order valence-electron chi connectivity index (χ3n) is 4.52. The Hall–Kier alpha value is -2.08. The van der Waals surface area contributed by atoms with Gasteiger partial charge < -0.3 is 4.74 Å². The van der Waals surface area contributed by atoms with Crippen LogP contribution in [0.3, 0.4) is 0 Å². The van der Waals surface area contributed by atoms with E-state index in [1.165, 1.54) is 16.0 Å². The van der Waals surface area contributed by atoms with Crippen LogP contribution in [0.15, 0.2) is 55.0 Å². The van der Waals surface area contributed by atoms with E-state index in [4.69, 9.17) is 4.74 Å². The minimum absolute atomic E-state index is 0.103. The van der Waals surface area contributed by atoms with Crippen LogP contribution in [-0.4, -0.2) is 34.6 Å². The molecule has 1 saturated heterocycles. The third kappa shape index (κ3) is 3.79. The topological polar surface area (TPSA) is 38.2 Å². The zero-order chi connectivity index (χ0) is 17.1. The highest BCUT2D eigenvalue weighted by Crippen LogP contribution is 2.29. The molecule has 0 aliphatic carbocycles.